The molecule has 0 heterocycles. The van der Waals surface area contributed by atoms with E-state index < -0.39 is 0 Å². The molecule has 2 aliphatic carbocycles. The van der Waals surface area contributed by atoms with E-state index in [0.29, 0.717) is 11.7 Å². The highest BCUT2D eigenvalue weighted by Gasteiger charge is 2.23. The fourth-order valence-electron chi connectivity index (χ4n) is 2.88. The number of Topliss-reactive ketones (excluding diaryl/α,β-unsaturated/α-hetero) is 1. The molecule has 2 rings (SSSR count). The third-order valence-corrected chi connectivity index (χ3v) is 3.83. The lowest BCUT2D eigenvalue weighted by Gasteiger charge is -2.18. The van der Waals surface area contributed by atoms with E-state index in [1.807, 2.05) is 0 Å². The van der Waals surface area contributed by atoms with Gasteiger partial charge < -0.3 is 0 Å². The summed E-state index contributed by atoms with van der Waals surface area (Å²) in [5.74, 6) is 0.865. The van der Waals surface area contributed by atoms with Crippen molar-refractivity contribution in [2.75, 3.05) is 0 Å². The molecule has 1 nitrogen and oxygen atoms in total. The Hall–Kier alpha value is -0.590. The highest BCUT2D eigenvalue weighted by molar-refractivity contribution is 5.97. The van der Waals surface area contributed by atoms with E-state index in [-0.39, 0.29) is 0 Å². The molecule has 0 aromatic heterocycles. The maximum absolute atomic E-state index is 12.2. The van der Waals surface area contributed by atoms with Crippen LogP contribution in [-0.2, 0) is 4.79 Å². The summed E-state index contributed by atoms with van der Waals surface area (Å²) < 4.78 is 0. The standard InChI is InChI=1S/C14H22O/c15-14(13-10-6-7-11-13)12-8-4-2-1-3-5-9-12/h10,12H,1-9,11H2. The van der Waals surface area contributed by atoms with E-state index in [2.05, 4.69) is 6.08 Å². The monoisotopic (exact) mass is 206 g/mol. The van der Waals surface area contributed by atoms with Crippen LogP contribution < -0.4 is 0 Å². The van der Waals surface area contributed by atoms with Crippen molar-refractivity contribution < 1.29 is 4.79 Å². The molecule has 0 aliphatic heterocycles. The molecule has 1 fully saturated rings. The molecular weight excluding hydrogens is 184 g/mol. The number of hydrogen-bond acceptors (Lipinski definition) is 1. The van der Waals surface area contributed by atoms with Gasteiger partial charge in [-0.1, -0.05) is 38.2 Å². The molecule has 0 aromatic rings. The van der Waals surface area contributed by atoms with Gasteiger partial charge in [0.2, 0.25) is 0 Å². The van der Waals surface area contributed by atoms with Crippen LogP contribution in [0.25, 0.3) is 0 Å². The van der Waals surface area contributed by atoms with Crippen molar-refractivity contribution in [3.8, 4) is 0 Å². The van der Waals surface area contributed by atoms with Crippen molar-refractivity contribution in [2.45, 2.75) is 64.2 Å². The van der Waals surface area contributed by atoms with Gasteiger partial charge in [-0.3, -0.25) is 4.79 Å². The van der Waals surface area contributed by atoms with Gasteiger partial charge in [-0.25, -0.2) is 0 Å². The van der Waals surface area contributed by atoms with Gasteiger partial charge in [0.15, 0.2) is 5.78 Å². The smallest absolute Gasteiger partial charge is 0.161 e. The van der Waals surface area contributed by atoms with Crippen molar-refractivity contribution in [1.82, 2.24) is 0 Å². The first-order chi connectivity index (χ1) is 7.38. The van der Waals surface area contributed by atoms with Crippen LogP contribution in [0.2, 0.25) is 0 Å². The van der Waals surface area contributed by atoms with Gasteiger partial charge in [0.1, 0.15) is 0 Å². The number of ketones is 1. The predicted molar refractivity (Wildman–Crippen MR) is 62.8 cm³/mol. The molecule has 15 heavy (non-hydrogen) atoms. The summed E-state index contributed by atoms with van der Waals surface area (Å²) in [6.45, 7) is 0. The maximum atomic E-state index is 12.2. The first-order valence-electron chi connectivity index (χ1n) is 6.61. The Balaban J connectivity index is 1.91. The molecule has 2 aliphatic rings. The molecule has 84 valence electrons. The lowest BCUT2D eigenvalue weighted by Crippen LogP contribution is -2.17. The molecule has 0 spiro atoms. The van der Waals surface area contributed by atoms with Gasteiger partial charge in [-0.05, 0) is 37.7 Å². The van der Waals surface area contributed by atoms with Crippen molar-refractivity contribution in [1.29, 1.82) is 0 Å². The topological polar surface area (TPSA) is 17.1 Å². The second-order valence-corrected chi connectivity index (χ2v) is 5.03. The van der Waals surface area contributed by atoms with Crippen LogP contribution >= 0.6 is 0 Å². The number of carbonyl (C=O) groups excluding carboxylic acids is 1. The Morgan fingerprint density at radius 3 is 2.27 bits per heavy atom. The third kappa shape index (κ3) is 2.93. The van der Waals surface area contributed by atoms with E-state index >= 15 is 0 Å². The van der Waals surface area contributed by atoms with E-state index in [1.54, 1.807) is 0 Å². The number of allylic oxidation sites excluding steroid dienone is 2. The van der Waals surface area contributed by atoms with Crippen LogP contribution in [0, 0.1) is 5.92 Å². The number of carbonyl (C=O) groups is 1. The van der Waals surface area contributed by atoms with Crippen LogP contribution in [0.4, 0.5) is 0 Å². The minimum absolute atomic E-state index is 0.370. The fraction of sp³-hybridized carbons (Fsp3) is 0.786. The second kappa shape index (κ2) is 5.48. The van der Waals surface area contributed by atoms with Crippen molar-refractivity contribution in [3.05, 3.63) is 11.6 Å². The lowest BCUT2D eigenvalue weighted by atomic mass is 9.85. The average molecular weight is 206 g/mol. The van der Waals surface area contributed by atoms with E-state index in [9.17, 15) is 4.79 Å². The van der Waals surface area contributed by atoms with Gasteiger partial charge in [0, 0.05) is 5.92 Å². The molecule has 0 saturated heterocycles. The summed E-state index contributed by atoms with van der Waals surface area (Å²) in [7, 11) is 0. The summed E-state index contributed by atoms with van der Waals surface area (Å²) >= 11 is 0. The van der Waals surface area contributed by atoms with Crippen molar-refractivity contribution in [3.63, 3.8) is 0 Å². The van der Waals surface area contributed by atoms with Crippen LogP contribution in [0.5, 0.6) is 0 Å². The Morgan fingerprint density at radius 2 is 1.67 bits per heavy atom. The number of rotatable bonds is 2. The Kier molecular flexibility index (Phi) is 3.99. The third-order valence-electron chi connectivity index (χ3n) is 3.83. The summed E-state index contributed by atoms with van der Waals surface area (Å²) in [4.78, 5) is 12.2. The normalized spacial score (nSPS) is 24.4. The molecular formula is C14H22O. The highest BCUT2D eigenvalue weighted by Crippen LogP contribution is 2.28. The zero-order valence-electron chi connectivity index (χ0n) is 9.63. The van der Waals surface area contributed by atoms with Gasteiger partial charge in [0.05, 0.1) is 0 Å². The van der Waals surface area contributed by atoms with E-state index in [0.717, 1.165) is 31.3 Å². The molecule has 0 bridgehead atoms. The summed E-state index contributed by atoms with van der Waals surface area (Å²) in [5, 5.41) is 0. The quantitative estimate of drug-likeness (QED) is 0.666. The van der Waals surface area contributed by atoms with E-state index in [4.69, 9.17) is 0 Å². The van der Waals surface area contributed by atoms with Crippen LogP contribution in [0.15, 0.2) is 11.6 Å². The fourth-order valence-corrected chi connectivity index (χ4v) is 2.88. The highest BCUT2D eigenvalue weighted by atomic mass is 16.1. The van der Waals surface area contributed by atoms with Crippen LogP contribution in [0.3, 0.4) is 0 Å². The Labute approximate surface area is 92.9 Å². The largest absolute Gasteiger partial charge is 0.294 e. The molecule has 0 amide bonds. The zero-order chi connectivity index (χ0) is 10.5. The molecule has 0 atom stereocenters. The minimum Gasteiger partial charge on any atom is -0.294 e. The molecule has 0 unspecified atom stereocenters. The van der Waals surface area contributed by atoms with E-state index in [1.165, 1.54) is 38.5 Å². The van der Waals surface area contributed by atoms with Crippen molar-refractivity contribution >= 4 is 5.78 Å². The van der Waals surface area contributed by atoms with Crippen LogP contribution in [0.1, 0.15) is 64.2 Å². The molecule has 1 heteroatoms. The van der Waals surface area contributed by atoms with Crippen molar-refractivity contribution in [2.24, 2.45) is 5.92 Å². The van der Waals surface area contributed by atoms with Crippen LogP contribution in [-0.4, -0.2) is 5.78 Å². The summed E-state index contributed by atoms with van der Waals surface area (Å²) in [6.07, 6.45) is 14.5. The zero-order valence-corrected chi connectivity index (χ0v) is 9.63. The molecule has 0 N–H and O–H groups in total. The Morgan fingerprint density at radius 1 is 1.00 bits per heavy atom. The van der Waals surface area contributed by atoms with Gasteiger partial charge in [-0.15, -0.1) is 0 Å². The second-order valence-electron chi connectivity index (χ2n) is 5.03. The first kappa shape index (κ1) is 10.9. The van der Waals surface area contributed by atoms with Gasteiger partial charge in [-0.2, -0.15) is 0 Å². The molecule has 0 aromatic carbocycles. The molecule has 1 saturated carbocycles. The minimum atomic E-state index is 0.370. The Bertz CT molecular complexity index is 244. The average Bonchev–Trinajstić information content (AvgIpc) is 2.68. The van der Waals surface area contributed by atoms with Gasteiger partial charge in [0.25, 0.3) is 0 Å². The SMILES string of the molecule is O=C(C1=CCCC1)C1CCCCCCC1. The summed E-state index contributed by atoms with van der Waals surface area (Å²) in [6, 6.07) is 0. The number of hydrogen-bond donors (Lipinski definition) is 0. The lowest BCUT2D eigenvalue weighted by molar-refractivity contribution is -0.119. The molecule has 0 radical (unpaired) electrons. The summed E-state index contributed by atoms with van der Waals surface area (Å²) in [5.41, 5.74) is 1.15. The maximum Gasteiger partial charge on any atom is 0.161 e. The first-order valence-corrected chi connectivity index (χ1v) is 6.61. The predicted octanol–water partition coefficient (Wildman–Crippen LogP) is 4.03. The van der Waals surface area contributed by atoms with Gasteiger partial charge >= 0.3 is 0 Å².